The van der Waals surface area contributed by atoms with Crippen molar-refractivity contribution in [2.75, 3.05) is 5.32 Å². The largest absolute Gasteiger partial charge is 0.489 e. The predicted molar refractivity (Wildman–Crippen MR) is 115 cm³/mol. The smallest absolute Gasteiger partial charge is 0.243 e. The number of nitrogens with one attached hydrogen (secondary N) is 1. The van der Waals surface area contributed by atoms with Crippen LogP contribution in [0.1, 0.15) is 16.7 Å². The molecular formula is C23H23N5O. The number of aromatic nitrogens is 4. The van der Waals surface area contributed by atoms with Gasteiger partial charge in [0, 0.05) is 12.1 Å². The lowest BCUT2D eigenvalue weighted by Crippen LogP contribution is -2.10. The normalized spacial score (nSPS) is 10.8. The predicted octanol–water partition coefficient (Wildman–Crippen LogP) is 4.51. The second-order valence-electron chi connectivity index (χ2n) is 6.87. The molecule has 0 saturated heterocycles. The number of allylic oxidation sites excluding steroid dienone is 1. The average Bonchev–Trinajstić information content (AvgIpc) is 3.18. The van der Waals surface area contributed by atoms with E-state index in [-0.39, 0.29) is 0 Å². The Morgan fingerprint density at radius 3 is 2.86 bits per heavy atom. The van der Waals surface area contributed by atoms with Crippen LogP contribution in [0, 0.1) is 6.92 Å². The molecule has 0 amide bonds. The SMILES string of the molecule is C=CCn1nnnc1NCc1c(OCc2cccc(C)c2)ccc2ccccc12. The van der Waals surface area contributed by atoms with E-state index in [4.69, 9.17) is 4.74 Å². The zero-order valence-corrected chi connectivity index (χ0v) is 16.4. The topological polar surface area (TPSA) is 64.9 Å². The Kier molecular flexibility index (Phi) is 5.52. The van der Waals surface area contributed by atoms with Crippen LogP contribution < -0.4 is 10.1 Å². The third kappa shape index (κ3) is 4.27. The van der Waals surface area contributed by atoms with E-state index in [2.05, 4.69) is 76.8 Å². The van der Waals surface area contributed by atoms with Crippen molar-refractivity contribution in [2.24, 2.45) is 0 Å². The molecule has 0 fully saturated rings. The van der Waals surface area contributed by atoms with Gasteiger partial charge in [0.25, 0.3) is 0 Å². The molecule has 146 valence electrons. The lowest BCUT2D eigenvalue weighted by Gasteiger charge is -2.15. The van der Waals surface area contributed by atoms with Crippen LogP contribution in [0.5, 0.6) is 5.75 Å². The van der Waals surface area contributed by atoms with Gasteiger partial charge in [0.05, 0.1) is 6.54 Å². The fourth-order valence-corrected chi connectivity index (χ4v) is 3.34. The Morgan fingerprint density at radius 1 is 1.10 bits per heavy atom. The van der Waals surface area contributed by atoms with E-state index in [0.717, 1.165) is 27.6 Å². The molecule has 0 unspecified atom stereocenters. The molecule has 6 nitrogen and oxygen atoms in total. The molecule has 29 heavy (non-hydrogen) atoms. The lowest BCUT2D eigenvalue weighted by molar-refractivity contribution is 0.304. The highest BCUT2D eigenvalue weighted by atomic mass is 16.5. The monoisotopic (exact) mass is 385 g/mol. The summed E-state index contributed by atoms with van der Waals surface area (Å²) in [6.45, 7) is 7.43. The standard InChI is InChI=1S/C23H23N5O/c1-3-13-28-23(25-26-27-28)24-15-21-20-10-5-4-9-19(20)11-12-22(21)29-16-18-8-6-7-17(2)14-18/h3-12,14H,1,13,15-16H2,2H3,(H,24,25,27). The van der Waals surface area contributed by atoms with Gasteiger partial charge in [0.2, 0.25) is 5.95 Å². The molecule has 0 radical (unpaired) electrons. The summed E-state index contributed by atoms with van der Waals surface area (Å²) < 4.78 is 7.89. The van der Waals surface area contributed by atoms with E-state index >= 15 is 0 Å². The van der Waals surface area contributed by atoms with Crippen molar-refractivity contribution in [1.82, 2.24) is 20.2 Å². The van der Waals surface area contributed by atoms with Gasteiger partial charge < -0.3 is 10.1 Å². The molecule has 0 aliphatic rings. The van der Waals surface area contributed by atoms with Crippen LogP contribution in [0.15, 0.2) is 73.3 Å². The van der Waals surface area contributed by atoms with Crippen LogP contribution in [-0.4, -0.2) is 20.2 Å². The van der Waals surface area contributed by atoms with Gasteiger partial charge in [-0.15, -0.1) is 6.58 Å². The zero-order chi connectivity index (χ0) is 20.1. The highest BCUT2D eigenvalue weighted by Gasteiger charge is 2.12. The quantitative estimate of drug-likeness (QED) is 0.452. The molecule has 0 aliphatic carbocycles. The number of nitrogens with zero attached hydrogens (tertiary/aromatic N) is 4. The molecule has 0 saturated carbocycles. The van der Waals surface area contributed by atoms with Gasteiger partial charge in [0.15, 0.2) is 0 Å². The maximum atomic E-state index is 6.22. The summed E-state index contributed by atoms with van der Waals surface area (Å²) in [5.74, 6) is 1.45. The van der Waals surface area contributed by atoms with Crippen LogP contribution in [0.3, 0.4) is 0 Å². The minimum Gasteiger partial charge on any atom is -0.489 e. The number of anilines is 1. The van der Waals surface area contributed by atoms with Gasteiger partial charge in [-0.3, -0.25) is 0 Å². The average molecular weight is 385 g/mol. The Balaban J connectivity index is 1.61. The third-order valence-corrected chi connectivity index (χ3v) is 4.73. The van der Waals surface area contributed by atoms with E-state index in [1.165, 1.54) is 5.56 Å². The number of benzene rings is 3. The zero-order valence-electron chi connectivity index (χ0n) is 16.4. The van der Waals surface area contributed by atoms with Crippen molar-refractivity contribution < 1.29 is 4.74 Å². The summed E-state index contributed by atoms with van der Waals surface area (Å²) in [6.07, 6.45) is 1.76. The Morgan fingerprint density at radius 2 is 2.00 bits per heavy atom. The Hall–Kier alpha value is -3.67. The first-order valence-corrected chi connectivity index (χ1v) is 9.54. The molecule has 4 rings (SSSR count). The molecule has 0 atom stereocenters. The molecule has 0 bridgehead atoms. The van der Waals surface area contributed by atoms with Crippen LogP contribution in [0.2, 0.25) is 0 Å². The van der Waals surface area contributed by atoms with Crippen LogP contribution in [-0.2, 0) is 19.7 Å². The number of fused-ring (bicyclic) bond motifs is 1. The minimum absolute atomic E-state index is 0.515. The van der Waals surface area contributed by atoms with Crippen LogP contribution >= 0.6 is 0 Å². The second-order valence-corrected chi connectivity index (χ2v) is 6.87. The maximum Gasteiger partial charge on any atom is 0.243 e. The van der Waals surface area contributed by atoms with Crippen molar-refractivity contribution in [2.45, 2.75) is 26.6 Å². The minimum atomic E-state index is 0.515. The van der Waals surface area contributed by atoms with E-state index in [1.54, 1.807) is 10.8 Å². The molecular weight excluding hydrogens is 362 g/mol. The van der Waals surface area contributed by atoms with E-state index < -0.39 is 0 Å². The fraction of sp³-hybridized carbons (Fsp3) is 0.174. The fourth-order valence-electron chi connectivity index (χ4n) is 3.34. The van der Waals surface area contributed by atoms with Gasteiger partial charge in [-0.2, -0.15) is 0 Å². The molecule has 6 heteroatoms. The number of ether oxygens (including phenoxy) is 1. The van der Waals surface area contributed by atoms with E-state index in [1.807, 2.05) is 18.2 Å². The molecule has 1 aromatic heterocycles. The number of tetrazole rings is 1. The Labute approximate surface area is 169 Å². The van der Waals surface area contributed by atoms with Crippen LogP contribution in [0.4, 0.5) is 5.95 Å². The first kappa shape index (κ1) is 18.7. The number of hydrogen-bond donors (Lipinski definition) is 1. The summed E-state index contributed by atoms with van der Waals surface area (Å²) in [6, 6.07) is 20.8. The van der Waals surface area contributed by atoms with Crippen molar-refractivity contribution in [3.05, 3.63) is 90.0 Å². The number of rotatable bonds is 8. The lowest BCUT2D eigenvalue weighted by atomic mass is 10.0. The third-order valence-electron chi connectivity index (χ3n) is 4.73. The van der Waals surface area contributed by atoms with Gasteiger partial charge in [0.1, 0.15) is 12.4 Å². The molecule has 0 aliphatic heterocycles. The summed E-state index contributed by atoms with van der Waals surface area (Å²) in [5, 5.41) is 17.4. The van der Waals surface area contributed by atoms with Crippen molar-refractivity contribution in [1.29, 1.82) is 0 Å². The Bertz CT molecular complexity index is 1140. The molecule has 1 heterocycles. The number of hydrogen-bond acceptors (Lipinski definition) is 5. The molecule has 3 aromatic carbocycles. The van der Waals surface area contributed by atoms with Crippen molar-refractivity contribution in [3.63, 3.8) is 0 Å². The van der Waals surface area contributed by atoms with Crippen LogP contribution in [0.25, 0.3) is 10.8 Å². The molecule has 0 spiro atoms. The first-order chi connectivity index (χ1) is 14.2. The number of aryl methyl sites for hydroxylation is 1. The second kappa shape index (κ2) is 8.56. The highest BCUT2D eigenvalue weighted by molar-refractivity contribution is 5.88. The van der Waals surface area contributed by atoms with E-state index in [0.29, 0.717) is 25.6 Å². The summed E-state index contributed by atoms with van der Waals surface area (Å²) in [5.41, 5.74) is 3.44. The summed E-state index contributed by atoms with van der Waals surface area (Å²) in [4.78, 5) is 0. The van der Waals surface area contributed by atoms with Crippen molar-refractivity contribution in [3.8, 4) is 5.75 Å². The summed E-state index contributed by atoms with van der Waals surface area (Å²) >= 11 is 0. The van der Waals surface area contributed by atoms with Gasteiger partial charge >= 0.3 is 0 Å². The summed E-state index contributed by atoms with van der Waals surface area (Å²) in [7, 11) is 0. The maximum absolute atomic E-state index is 6.22. The van der Waals surface area contributed by atoms with Gasteiger partial charge in [-0.1, -0.05) is 71.3 Å². The van der Waals surface area contributed by atoms with Gasteiger partial charge in [-0.05, 0) is 39.8 Å². The molecule has 1 N–H and O–H groups in total. The highest BCUT2D eigenvalue weighted by Crippen LogP contribution is 2.29. The van der Waals surface area contributed by atoms with Gasteiger partial charge in [-0.25, -0.2) is 4.68 Å². The molecule has 4 aromatic rings. The first-order valence-electron chi connectivity index (χ1n) is 9.54. The van der Waals surface area contributed by atoms with Crippen molar-refractivity contribution >= 4 is 16.7 Å². The van der Waals surface area contributed by atoms with E-state index in [9.17, 15) is 0 Å².